The predicted molar refractivity (Wildman–Crippen MR) is 140 cm³/mol. The zero-order chi connectivity index (χ0) is 21.9. The Bertz CT molecular complexity index is 1150. The van der Waals surface area contributed by atoms with Gasteiger partial charge in [-0.15, -0.1) is 0 Å². The largest absolute Gasteiger partial charge is 0.297 e. The molecule has 1 saturated heterocycles. The van der Waals surface area contributed by atoms with Crippen LogP contribution in [0.15, 0.2) is 78.9 Å². The molecule has 3 aromatic rings. The number of nitrogens with zero attached hydrogens (tertiary/aromatic N) is 2. The second kappa shape index (κ2) is 9.76. The van der Waals surface area contributed by atoms with Crippen LogP contribution >= 0.6 is 27.5 Å². The minimum absolute atomic E-state index is 0.202. The van der Waals surface area contributed by atoms with Gasteiger partial charge in [0.25, 0.3) is 0 Å². The first-order chi connectivity index (χ1) is 15.7. The van der Waals surface area contributed by atoms with Gasteiger partial charge in [-0.1, -0.05) is 100 Å². The van der Waals surface area contributed by atoms with E-state index in [0.29, 0.717) is 0 Å². The zero-order valence-electron chi connectivity index (χ0n) is 17.9. The van der Waals surface area contributed by atoms with E-state index in [2.05, 4.69) is 111 Å². The molecule has 0 spiro atoms. The summed E-state index contributed by atoms with van der Waals surface area (Å²) in [4.78, 5) is 5.15. The Balaban J connectivity index is 1.36. The normalized spacial score (nSPS) is 19.3. The fourth-order valence-electron chi connectivity index (χ4n) is 4.75. The first-order valence-corrected chi connectivity index (χ1v) is 12.3. The quantitative estimate of drug-likeness (QED) is 0.378. The van der Waals surface area contributed by atoms with Crippen molar-refractivity contribution in [1.29, 1.82) is 0 Å². The fourth-order valence-corrected chi connectivity index (χ4v) is 5.54. The highest BCUT2D eigenvalue weighted by Gasteiger charge is 2.31. The van der Waals surface area contributed by atoms with E-state index in [0.717, 1.165) is 42.2 Å². The monoisotopic (exact) mass is 504 g/mol. The van der Waals surface area contributed by atoms with Crippen molar-refractivity contribution < 1.29 is 0 Å². The van der Waals surface area contributed by atoms with E-state index >= 15 is 0 Å². The van der Waals surface area contributed by atoms with Crippen LogP contribution in [0.25, 0.3) is 16.6 Å². The smallest absolute Gasteiger partial charge is 0.0615 e. The first-order valence-electron chi connectivity index (χ1n) is 11.1. The summed E-state index contributed by atoms with van der Waals surface area (Å²) in [5.41, 5.74) is 6.38. The number of fused-ring (bicyclic) bond motifs is 2. The van der Waals surface area contributed by atoms with Crippen molar-refractivity contribution in [1.82, 2.24) is 9.80 Å². The third kappa shape index (κ3) is 4.62. The lowest BCUT2D eigenvalue weighted by Gasteiger charge is -2.40. The Morgan fingerprint density at radius 3 is 2.44 bits per heavy atom. The van der Waals surface area contributed by atoms with E-state index < -0.39 is 0 Å². The molecule has 162 valence electrons. The lowest BCUT2D eigenvalue weighted by atomic mass is 9.92. The van der Waals surface area contributed by atoms with Crippen molar-refractivity contribution in [2.24, 2.45) is 0 Å². The Kier molecular flexibility index (Phi) is 6.61. The van der Waals surface area contributed by atoms with Crippen LogP contribution in [-0.2, 0) is 0 Å². The minimum atomic E-state index is 0.202. The van der Waals surface area contributed by atoms with E-state index in [-0.39, 0.29) is 6.04 Å². The van der Waals surface area contributed by atoms with E-state index in [1.165, 1.54) is 27.8 Å². The van der Waals surface area contributed by atoms with Crippen LogP contribution in [0.4, 0.5) is 0 Å². The predicted octanol–water partition coefficient (Wildman–Crippen LogP) is 6.97. The molecule has 0 saturated carbocycles. The topological polar surface area (TPSA) is 6.48 Å². The van der Waals surface area contributed by atoms with Crippen molar-refractivity contribution in [2.45, 2.75) is 6.04 Å². The molecule has 1 aliphatic carbocycles. The van der Waals surface area contributed by atoms with Crippen LogP contribution in [0.5, 0.6) is 0 Å². The molecule has 0 aromatic heterocycles. The van der Waals surface area contributed by atoms with Gasteiger partial charge in [0, 0.05) is 42.2 Å². The number of hydrogen-bond acceptors (Lipinski definition) is 2. The van der Waals surface area contributed by atoms with Crippen LogP contribution in [0, 0.1) is 0 Å². The Labute approximate surface area is 203 Å². The van der Waals surface area contributed by atoms with Crippen molar-refractivity contribution in [3.05, 3.63) is 112 Å². The highest BCUT2D eigenvalue weighted by atomic mass is 79.9. The van der Waals surface area contributed by atoms with Crippen LogP contribution in [0.1, 0.15) is 33.9 Å². The molecule has 0 amide bonds. The van der Waals surface area contributed by atoms with Gasteiger partial charge < -0.3 is 0 Å². The van der Waals surface area contributed by atoms with Gasteiger partial charge in [0.05, 0.1) is 6.04 Å². The third-order valence-corrected chi connectivity index (χ3v) is 7.28. The van der Waals surface area contributed by atoms with Gasteiger partial charge >= 0.3 is 0 Å². The average molecular weight is 506 g/mol. The minimum Gasteiger partial charge on any atom is -0.297 e. The van der Waals surface area contributed by atoms with E-state index in [4.69, 9.17) is 11.6 Å². The summed E-state index contributed by atoms with van der Waals surface area (Å²) in [5, 5.41) is 0.790. The molecule has 2 aliphatic rings. The highest BCUT2D eigenvalue weighted by molar-refractivity contribution is 9.15. The first kappa shape index (κ1) is 21.7. The van der Waals surface area contributed by atoms with Crippen LogP contribution in [-0.4, -0.2) is 42.5 Å². The second-order valence-corrected chi connectivity index (χ2v) is 9.70. The number of rotatable bonds is 4. The van der Waals surface area contributed by atoms with Gasteiger partial charge in [-0.3, -0.25) is 9.80 Å². The van der Waals surface area contributed by atoms with Crippen molar-refractivity contribution >= 4 is 44.2 Å². The Hall–Kier alpha value is -2.17. The van der Waals surface area contributed by atoms with Gasteiger partial charge in [-0.25, -0.2) is 0 Å². The molecule has 1 heterocycles. The maximum Gasteiger partial charge on any atom is 0.0615 e. The molecule has 1 unspecified atom stereocenters. The molecular weight excluding hydrogens is 480 g/mol. The summed E-state index contributed by atoms with van der Waals surface area (Å²) in [7, 11) is 0. The average Bonchev–Trinajstić information content (AvgIpc) is 2.94. The van der Waals surface area contributed by atoms with E-state index in [9.17, 15) is 0 Å². The SMILES string of the molecule is Clc1ccc2c(c1)C(N1CCN(C/C=C/c3ccccc3)CC1)c1ccccc1C=C2Br. The molecule has 1 aliphatic heterocycles. The maximum absolute atomic E-state index is 6.47. The second-order valence-electron chi connectivity index (χ2n) is 8.40. The van der Waals surface area contributed by atoms with Crippen LogP contribution in [0.2, 0.25) is 5.02 Å². The number of benzene rings is 3. The molecule has 0 radical (unpaired) electrons. The van der Waals surface area contributed by atoms with Gasteiger partial charge in [-0.05, 0) is 46.0 Å². The number of piperazine rings is 1. The van der Waals surface area contributed by atoms with Gasteiger partial charge in [0.2, 0.25) is 0 Å². The van der Waals surface area contributed by atoms with Crippen LogP contribution in [0.3, 0.4) is 0 Å². The molecule has 0 N–H and O–H groups in total. The zero-order valence-corrected chi connectivity index (χ0v) is 20.3. The third-order valence-electron chi connectivity index (χ3n) is 6.38. The summed E-state index contributed by atoms with van der Waals surface area (Å²) < 4.78 is 1.11. The Morgan fingerprint density at radius 2 is 1.62 bits per heavy atom. The molecule has 5 rings (SSSR count). The van der Waals surface area contributed by atoms with Crippen molar-refractivity contribution in [3.8, 4) is 0 Å². The lowest BCUT2D eigenvalue weighted by molar-refractivity contribution is 0.118. The van der Waals surface area contributed by atoms with Gasteiger partial charge in [0.1, 0.15) is 0 Å². The summed E-state index contributed by atoms with van der Waals surface area (Å²) in [5.74, 6) is 0. The molecule has 4 heteroatoms. The standard InChI is InChI=1S/C28H26BrClN2/c29-27-19-22-10-4-5-11-24(22)28(26-20-23(30)12-13-25(26)27)32-17-15-31(16-18-32)14-6-9-21-7-2-1-3-8-21/h1-13,19-20,28H,14-18H2/b9-6+. The highest BCUT2D eigenvalue weighted by Crippen LogP contribution is 2.42. The molecule has 1 fully saturated rings. The number of halogens is 2. The van der Waals surface area contributed by atoms with Crippen LogP contribution < -0.4 is 0 Å². The molecule has 1 atom stereocenters. The Morgan fingerprint density at radius 1 is 0.875 bits per heavy atom. The van der Waals surface area contributed by atoms with Crippen molar-refractivity contribution in [2.75, 3.05) is 32.7 Å². The maximum atomic E-state index is 6.47. The van der Waals surface area contributed by atoms with Gasteiger partial charge in [0.15, 0.2) is 0 Å². The summed E-state index contributed by atoms with van der Waals surface area (Å²) in [6.45, 7) is 5.16. The van der Waals surface area contributed by atoms with Gasteiger partial charge in [-0.2, -0.15) is 0 Å². The lowest BCUT2D eigenvalue weighted by Crippen LogP contribution is -2.47. The molecule has 32 heavy (non-hydrogen) atoms. The fraction of sp³-hybridized carbons (Fsp3) is 0.214. The molecular formula is C28H26BrClN2. The molecule has 2 nitrogen and oxygen atoms in total. The summed E-state index contributed by atoms with van der Waals surface area (Å²) >= 11 is 10.3. The number of hydrogen-bond donors (Lipinski definition) is 0. The van der Waals surface area contributed by atoms with E-state index in [1.54, 1.807) is 0 Å². The molecule has 3 aromatic carbocycles. The van der Waals surface area contributed by atoms with E-state index in [1.807, 2.05) is 6.07 Å². The summed E-state index contributed by atoms with van der Waals surface area (Å²) in [6, 6.07) is 25.7. The summed E-state index contributed by atoms with van der Waals surface area (Å²) in [6.07, 6.45) is 6.74. The van der Waals surface area contributed by atoms with Crippen molar-refractivity contribution in [3.63, 3.8) is 0 Å². The molecule has 0 bridgehead atoms.